The van der Waals surface area contributed by atoms with Gasteiger partial charge in [-0.05, 0) is 122 Å². The maximum atomic E-state index is 12.9. The predicted molar refractivity (Wildman–Crippen MR) is 397 cm³/mol. The first-order chi connectivity index (χ1) is 45.0. The summed E-state index contributed by atoms with van der Waals surface area (Å²) >= 11 is 0. The molecule has 0 aliphatic carbocycles. The number of unbranched alkanes of at least 4 members (excludes halogenated alkanes) is 27. The molecule has 92 heavy (non-hydrogen) atoms. The zero-order valence-electron chi connectivity index (χ0n) is 59.7. The first-order valence-electron chi connectivity index (χ1n) is 37.2. The number of hydrogen-bond acceptors (Lipinski definition) is 8. The van der Waals surface area contributed by atoms with Crippen molar-refractivity contribution >= 4 is 19.8 Å². The van der Waals surface area contributed by atoms with E-state index < -0.39 is 26.5 Å². The molecule has 10 heteroatoms. The molecule has 9 nitrogen and oxygen atoms in total. The summed E-state index contributed by atoms with van der Waals surface area (Å²) in [5.41, 5.74) is 0. The molecular formula is C82H138NO8P. The monoisotopic (exact) mass is 1300 g/mol. The Balaban J connectivity index is 4.06. The molecule has 524 valence electrons. The zero-order chi connectivity index (χ0) is 66.9. The van der Waals surface area contributed by atoms with E-state index in [0.29, 0.717) is 17.4 Å². The molecule has 0 N–H and O–H groups in total. The molecule has 0 aliphatic rings. The van der Waals surface area contributed by atoms with E-state index in [2.05, 4.69) is 172 Å². The molecule has 0 heterocycles. The molecular weight excluding hydrogens is 1160 g/mol. The lowest BCUT2D eigenvalue weighted by molar-refractivity contribution is -0.870. The number of likely N-dealkylation sites (N-methyl/N-ethyl adjacent to an activating group) is 1. The van der Waals surface area contributed by atoms with E-state index in [-0.39, 0.29) is 32.0 Å². The van der Waals surface area contributed by atoms with Crippen molar-refractivity contribution in [1.82, 2.24) is 0 Å². The number of ether oxygens (including phenoxy) is 2. The number of esters is 2. The quantitative estimate of drug-likeness (QED) is 0.0195. The van der Waals surface area contributed by atoms with Crippen molar-refractivity contribution in [3.63, 3.8) is 0 Å². The van der Waals surface area contributed by atoms with Gasteiger partial charge in [0.1, 0.15) is 19.8 Å². The van der Waals surface area contributed by atoms with Gasteiger partial charge in [-0.25, -0.2) is 0 Å². The van der Waals surface area contributed by atoms with Crippen molar-refractivity contribution in [2.45, 2.75) is 302 Å². The van der Waals surface area contributed by atoms with Gasteiger partial charge < -0.3 is 27.9 Å². The first-order valence-corrected chi connectivity index (χ1v) is 38.7. The molecule has 0 radical (unpaired) electrons. The van der Waals surface area contributed by atoms with Crippen LogP contribution in [-0.2, 0) is 32.7 Å². The van der Waals surface area contributed by atoms with Crippen LogP contribution in [0.5, 0.6) is 0 Å². The second kappa shape index (κ2) is 70.9. The van der Waals surface area contributed by atoms with E-state index in [0.717, 1.165) is 128 Å². The third-order valence-electron chi connectivity index (χ3n) is 15.5. The second-order valence-corrected chi connectivity index (χ2v) is 27.0. The van der Waals surface area contributed by atoms with Crippen molar-refractivity contribution < 1.29 is 42.1 Å². The number of nitrogens with zero attached hydrogens (tertiary/aromatic N) is 1. The Bertz CT molecular complexity index is 2110. The van der Waals surface area contributed by atoms with Crippen LogP contribution < -0.4 is 4.89 Å². The normalized spacial score (nSPS) is 14.0. The summed E-state index contributed by atoms with van der Waals surface area (Å²) in [6, 6.07) is 0. The average Bonchev–Trinajstić information content (AvgIpc) is 2.14. The minimum absolute atomic E-state index is 0.0373. The maximum Gasteiger partial charge on any atom is 0.306 e. The minimum atomic E-state index is -4.65. The van der Waals surface area contributed by atoms with Crippen LogP contribution in [0.25, 0.3) is 0 Å². The van der Waals surface area contributed by atoms with Gasteiger partial charge in [0.05, 0.1) is 27.7 Å². The molecule has 0 saturated carbocycles. The lowest BCUT2D eigenvalue weighted by atomic mass is 10.0. The van der Waals surface area contributed by atoms with Gasteiger partial charge in [0.2, 0.25) is 0 Å². The van der Waals surface area contributed by atoms with Crippen LogP contribution in [0.2, 0.25) is 0 Å². The molecule has 0 bridgehead atoms. The van der Waals surface area contributed by atoms with E-state index in [9.17, 15) is 19.0 Å². The molecule has 0 aromatic carbocycles. The van der Waals surface area contributed by atoms with Crippen LogP contribution >= 0.6 is 7.82 Å². The summed E-state index contributed by atoms with van der Waals surface area (Å²) < 4.78 is 34.4. The van der Waals surface area contributed by atoms with Gasteiger partial charge in [-0.3, -0.25) is 14.2 Å². The number of carbonyl (C=O) groups is 2. The number of carbonyl (C=O) groups excluding carboxylic acids is 2. The van der Waals surface area contributed by atoms with E-state index in [1.807, 2.05) is 21.1 Å². The molecule has 0 spiro atoms. The highest BCUT2D eigenvalue weighted by Gasteiger charge is 2.22. The molecule has 2 unspecified atom stereocenters. The van der Waals surface area contributed by atoms with Crippen LogP contribution in [0.15, 0.2) is 158 Å². The largest absolute Gasteiger partial charge is 0.756 e. The van der Waals surface area contributed by atoms with E-state index in [4.69, 9.17) is 18.5 Å². The fraction of sp³-hybridized carbons (Fsp3) is 0.659. The van der Waals surface area contributed by atoms with Crippen LogP contribution in [0.1, 0.15) is 296 Å². The summed E-state index contributed by atoms with van der Waals surface area (Å²) in [6.45, 7) is 4.02. The Kier molecular flexibility index (Phi) is 67.6. The highest BCUT2D eigenvalue weighted by molar-refractivity contribution is 7.45. The number of phosphoric acid groups is 1. The van der Waals surface area contributed by atoms with Crippen molar-refractivity contribution in [2.75, 3.05) is 47.5 Å². The van der Waals surface area contributed by atoms with Crippen molar-refractivity contribution in [1.29, 1.82) is 0 Å². The number of phosphoric ester groups is 1. The van der Waals surface area contributed by atoms with Gasteiger partial charge in [0, 0.05) is 12.8 Å². The standard InChI is InChI=1S/C82H138NO8P/c1-6-8-10-12-14-16-18-20-22-24-26-28-30-32-34-36-37-38-39-40-41-42-43-44-45-47-49-51-53-55-57-59-61-63-65-67-69-71-73-75-82(85)91-80(79-90-92(86,87)89-77-76-83(3,4)5)78-88-81(84)74-72-70-68-66-64-62-60-58-56-54-52-50-48-46-35-33-31-29-27-25-23-21-19-17-15-13-11-9-7-2/h8-11,14-17,20-23,26-29,32,34,37-38,40-41,43-44,47,49,80H,6-7,12-13,18-19,24-25,30-31,33,35-36,39,42,45-46,48,50-79H2,1-5H3/b10-8-,11-9-,16-14-,17-15-,22-20-,23-21-,28-26-,29-27-,34-32-,38-37-,41-40-,44-43-,49-47-. The lowest BCUT2D eigenvalue weighted by Gasteiger charge is -2.28. The Morgan fingerprint density at radius 3 is 0.870 bits per heavy atom. The van der Waals surface area contributed by atoms with Crippen molar-refractivity contribution in [3.05, 3.63) is 158 Å². The lowest BCUT2D eigenvalue weighted by Crippen LogP contribution is -2.37. The zero-order valence-corrected chi connectivity index (χ0v) is 60.6. The molecule has 0 saturated heterocycles. The maximum absolute atomic E-state index is 12.9. The summed E-state index contributed by atoms with van der Waals surface area (Å²) in [5, 5.41) is 0. The first kappa shape index (κ1) is 87.6. The minimum Gasteiger partial charge on any atom is -0.756 e. The van der Waals surface area contributed by atoms with Gasteiger partial charge in [-0.1, -0.05) is 320 Å². The van der Waals surface area contributed by atoms with Gasteiger partial charge in [-0.15, -0.1) is 0 Å². The summed E-state index contributed by atoms with van der Waals surface area (Å²) in [4.78, 5) is 38.1. The van der Waals surface area contributed by atoms with E-state index in [1.165, 1.54) is 135 Å². The number of hydrogen-bond donors (Lipinski definition) is 0. The number of rotatable bonds is 67. The second-order valence-electron chi connectivity index (χ2n) is 25.5. The summed E-state index contributed by atoms with van der Waals surface area (Å²) in [6.07, 6.45) is 106. The molecule has 0 amide bonds. The molecule has 0 rings (SSSR count). The third-order valence-corrected chi connectivity index (χ3v) is 16.5. The molecule has 0 aliphatic heterocycles. The van der Waals surface area contributed by atoms with Gasteiger partial charge >= 0.3 is 11.9 Å². The summed E-state index contributed by atoms with van der Waals surface area (Å²) in [7, 11) is 1.15. The smallest absolute Gasteiger partial charge is 0.306 e. The van der Waals surface area contributed by atoms with Crippen molar-refractivity contribution in [2.24, 2.45) is 0 Å². The fourth-order valence-electron chi connectivity index (χ4n) is 9.94. The SMILES string of the molecule is CC/C=C\C/C=C\C/C=C\C/C=C\C/C=C\C/C=C\C/C=C\C/C=C\C/C=C\CCCCCCCCCCCCCC(=O)OC(COC(=O)CCCCCCCCCCCCCCCCCC/C=C\C/C=C\C/C=C\C/C=C\CC)COP(=O)([O-])OCC[N+](C)(C)C. The third kappa shape index (κ3) is 74.7. The Morgan fingerprint density at radius 1 is 0.337 bits per heavy atom. The topological polar surface area (TPSA) is 111 Å². The Hall–Kier alpha value is -4.37. The Labute approximate surface area is 566 Å². The van der Waals surface area contributed by atoms with E-state index in [1.54, 1.807) is 0 Å². The number of quaternary nitrogens is 1. The van der Waals surface area contributed by atoms with Crippen LogP contribution in [-0.4, -0.2) is 70.0 Å². The number of allylic oxidation sites excluding steroid dienone is 26. The van der Waals surface area contributed by atoms with Gasteiger partial charge in [0.15, 0.2) is 6.10 Å². The van der Waals surface area contributed by atoms with Crippen molar-refractivity contribution in [3.8, 4) is 0 Å². The molecule has 0 aromatic heterocycles. The average molecular weight is 1300 g/mol. The Morgan fingerprint density at radius 2 is 0.587 bits per heavy atom. The van der Waals surface area contributed by atoms with Gasteiger partial charge in [-0.2, -0.15) is 0 Å². The predicted octanol–water partition coefficient (Wildman–Crippen LogP) is 24.1. The molecule has 0 aromatic rings. The highest BCUT2D eigenvalue weighted by atomic mass is 31.2. The van der Waals surface area contributed by atoms with E-state index >= 15 is 0 Å². The molecule has 0 fully saturated rings. The fourth-order valence-corrected chi connectivity index (χ4v) is 10.7. The van der Waals surface area contributed by atoms with Crippen LogP contribution in [0.4, 0.5) is 0 Å². The highest BCUT2D eigenvalue weighted by Crippen LogP contribution is 2.38. The molecule has 2 atom stereocenters. The van der Waals surface area contributed by atoms with Crippen LogP contribution in [0.3, 0.4) is 0 Å². The van der Waals surface area contributed by atoms with Crippen LogP contribution in [0, 0.1) is 0 Å². The van der Waals surface area contributed by atoms with Gasteiger partial charge in [0.25, 0.3) is 7.82 Å². The summed E-state index contributed by atoms with van der Waals surface area (Å²) in [5.74, 6) is -0.837.